The molecule has 0 radical (unpaired) electrons. The second-order valence-corrected chi connectivity index (χ2v) is 5.32. The van der Waals surface area contributed by atoms with Crippen LogP contribution < -0.4 is 10.9 Å². The van der Waals surface area contributed by atoms with Gasteiger partial charge in [0.2, 0.25) is 0 Å². The minimum Gasteiger partial charge on any atom is -0.305 e. The third-order valence-electron chi connectivity index (χ3n) is 3.83. The van der Waals surface area contributed by atoms with Crippen molar-refractivity contribution in [2.45, 2.75) is 26.3 Å². The van der Waals surface area contributed by atoms with Gasteiger partial charge in [0.1, 0.15) is 5.82 Å². The van der Waals surface area contributed by atoms with E-state index in [-0.39, 0.29) is 23.2 Å². The van der Waals surface area contributed by atoms with Crippen LogP contribution >= 0.6 is 0 Å². The predicted molar refractivity (Wildman–Crippen MR) is 87.5 cm³/mol. The second kappa shape index (κ2) is 6.04. The summed E-state index contributed by atoms with van der Waals surface area (Å²) >= 11 is 0. The van der Waals surface area contributed by atoms with Crippen molar-refractivity contribution in [1.29, 1.82) is 0 Å². The predicted octanol–water partition coefficient (Wildman–Crippen LogP) is 2.34. The van der Waals surface area contributed by atoms with Crippen molar-refractivity contribution in [3.63, 3.8) is 0 Å². The molecule has 7 nitrogen and oxygen atoms in total. The van der Waals surface area contributed by atoms with Gasteiger partial charge in [0.15, 0.2) is 5.69 Å². The minimum atomic E-state index is -0.387. The number of aromatic nitrogens is 4. The zero-order valence-corrected chi connectivity index (χ0v) is 12.9. The molecule has 0 saturated carbocycles. The Morgan fingerprint density at radius 3 is 2.78 bits per heavy atom. The molecule has 23 heavy (non-hydrogen) atoms. The lowest BCUT2D eigenvalue weighted by molar-refractivity contribution is 0.102. The maximum atomic E-state index is 12.6. The number of H-pyrrole nitrogens is 1. The van der Waals surface area contributed by atoms with Crippen LogP contribution in [0.25, 0.3) is 10.8 Å². The summed E-state index contributed by atoms with van der Waals surface area (Å²) in [4.78, 5) is 24.4. The van der Waals surface area contributed by atoms with E-state index in [0.29, 0.717) is 16.6 Å². The Labute approximate surface area is 132 Å². The molecule has 2 N–H and O–H groups in total. The number of carbonyl (C=O) groups is 1. The first-order valence-electron chi connectivity index (χ1n) is 7.44. The molecule has 3 aromatic rings. The maximum Gasteiger partial charge on any atom is 0.277 e. The number of aromatic amines is 1. The Balaban J connectivity index is 1.98. The number of hydrogen-bond donors (Lipinski definition) is 2. The third-order valence-corrected chi connectivity index (χ3v) is 3.83. The summed E-state index contributed by atoms with van der Waals surface area (Å²) in [6.45, 7) is 4.07. The van der Waals surface area contributed by atoms with Crippen LogP contribution in [0.5, 0.6) is 0 Å². The molecule has 3 rings (SSSR count). The molecule has 0 fully saturated rings. The largest absolute Gasteiger partial charge is 0.305 e. The summed E-state index contributed by atoms with van der Waals surface area (Å²) < 4.78 is 1.76. The van der Waals surface area contributed by atoms with E-state index in [0.717, 1.165) is 6.42 Å². The first-order valence-corrected chi connectivity index (χ1v) is 7.44. The van der Waals surface area contributed by atoms with Gasteiger partial charge in [-0.1, -0.05) is 25.1 Å². The number of carbonyl (C=O) groups excluding carboxylic acids is 1. The van der Waals surface area contributed by atoms with Crippen LogP contribution in [0.4, 0.5) is 5.82 Å². The van der Waals surface area contributed by atoms with Crippen LogP contribution in [-0.4, -0.2) is 25.9 Å². The third kappa shape index (κ3) is 2.73. The van der Waals surface area contributed by atoms with Crippen molar-refractivity contribution >= 4 is 22.5 Å². The van der Waals surface area contributed by atoms with Gasteiger partial charge in [-0.2, -0.15) is 10.2 Å². The van der Waals surface area contributed by atoms with Crippen LogP contribution in [0, 0.1) is 0 Å². The molecular weight excluding hydrogens is 294 g/mol. The van der Waals surface area contributed by atoms with Crippen LogP contribution in [0.2, 0.25) is 0 Å². The van der Waals surface area contributed by atoms with Crippen molar-refractivity contribution < 1.29 is 4.79 Å². The number of anilines is 1. The van der Waals surface area contributed by atoms with Crippen LogP contribution in [-0.2, 0) is 0 Å². The first-order chi connectivity index (χ1) is 11.1. The van der Waals surface area contributed by atoms with Gasteiger partial charge in [0, 0.05) is 11.5 Å². The average molecular weight is 311 g/mol. The topological polar surface area (TPSA) is 92.7 Å². The summed E-state index contributed by atoms with van der Waals surface area (Å²) in [7, 11) is 0. The molecule has 1 aromatic carbocycles. The zero-order chi connectivity index (χ0) is 16.4. The summed E-state index contributed by atoms with van der Waals surface area (Å²) in [6, 6.07) is 8.79. The Hall–Kier alpha value is -2.96. The lowest BCUT2D eigenvalue weighted by Crippen LogP contribution is -2.21. The molecular formula is C16H17N5O2. The van der Waals surface area contributed by atoms with Gasteiger partial charge in [-0.3, -0.25) is 9.59 Å². The minimum absolute atomic E-state index is 0.167. The normalized spacial score (nSPS) is 12.3. The van der Waals surface area contributed by atoms with Gasteiger partial charge in [-0.25, -0.2) is 9.78 Å². The van der Waals surface area contributed by atoms with Crippen LogP contribution in [0.1, 0.15) is 36.8 Å². The Morgan fingerprint density at radius 2 is 2.04 bits per heavy atom. The van der Waals surface area contributed by atoms with E-state index < -0.39 is 0 Å². The van der Waals surface area contributed by atoms with Gasteiger partial charge < -0.3 is 5.32 Å². The van der Waals surface area contributed by atoms with Crippen molar-refractivity contribution in [2.24, 2.45) is 0 Å². The van der Waals surface area contributed by atoms with Gasteiger partial charge in [-0.05, 0) is 19.4 Å². The molecule has 7 heteroatoms. The van der Waals surface area contributed by atoms with E-state index in [1.807, 2.05) is 6.92 Å². The molecule has 1 atom stereocenters. The summed E-state index contributed by atoms with van der Waals surface area (Å²) in [6.07, 6.45) is 2.53. The van der Waals surface area contributed by atoms with E-state index in [1.165, 1.54) is 0 Å². The summed E-state index contributed by atoms with van der Waals surface area (Å²) in [5, 5.41) is 14.3. The lowest BCUT2D eigenvalue weighted by atomic mass is 10.1. The molecule has 0 bridgehead atoms. The first kappa shape index (κ1) is 15.0. The summed E-state index contributed by atoms with van der Waals surface area (Å²) in [5.41, 5.74) is -0.140. The number of nitrogens with one attached hydrogen (secondary N) is 2. The maximum absolute atomic E-state index is 12.6. The molecule has 1 amide bonds. The number of hydrogen-bond acceptors (Lipinski definition) is 4. The van der Waals surface area contributed by atoms with Crippen molar-refractivity contribution in [3.8, 4) is 0 Å². The number of fused-ring (bicyclic) bond motifs is 1. The summed E-state index contributed by atoms with van der Waals surface area (Å²) in [5.74, 6) is 0.212. The fraction of sp³-hybridized carbons (Fsp3) is 0.250. The Kier molecular flexibility index (Phi) is 3.92. The number of benzene rings is 1. The van der Waals surface area contributed by atoms with Crippen LogP contribution in [0.15, 0.2) is 41.3 Å². The van der Waals surface area contributed by atoms with E-state index in [2.05, 4.69) is 27.5 Å². The standard InChI is InChI=1S/C16H17N5O2/c1-3-10(2)21-13(8-9-17-21)18-16(23)14-11-6-4-5-7-12(11)15(22)20-19-14/h4-10H,3H2,1-2H3,(H,18,23)(H,20,22). The smallest absolute Gasteiger partial charge is 0.277 e. The van der Waals surface area contributed by atoms with Crippen LogP contribution in [0.3, 0.4) is 0 Å². The Bertz CT molecular complexity index is 912. The fourth-order valence-corrected chi connectivity index (χ4v) is 2.40. The second-order valence-electron chi connectivity index (χ2n) is 5.32. The zero-order valence-electron chi connectivity index (χ0n) is 12.9. The molecule has 0 aliphatic heterocycles. The van der Waals surface area contributed by atoms with E-state index in [1.54, 1.807) is 41.2 Å². The molecule has 0 aliphatic carbocycles. The van der Waals surface area contributed by atoms with Crippen molar-refractivity contribution in [1.82, 2.24) is 20.0 Å². The number of nitrogens with zero attached hydrogens (tertiary/aromatic N) is 3. The van der Waals surface area contributed by atoms with Crippen molar-refractivity contribution in [3.05, 3.63) is 52.6 Å². The highest BCUT2D eigenvalue weighted by Gasteiger charge is 2.17. The van der Waals surface area contributed by atoms with Gasteiger partial charge in [-0.15, -0.1) is 0 Å². The monoisotopic (exact) mass is 311 g/mol. The van der Waals surface area contributed by atoms with Gasteiger partial charge in [0.25, 0.3) is 11.5 Å². The fourth-order valence-electron chi connectivity index (χ4n) is 2.40. The molecule has 2 heterocycles. The van der Waals surface area contributed by atoms with E-state index in [9.17, 15) is 9.59 Å². The molecule has 0 spiro atoms. The quantitative estimate of drug-likeness (QED) is 0.773. The van der Waals surface area contributed by atoms with E-state index >= 15 is 0 Å². The van der Waals surface area contributed by atoms with E-state index in [4.69, 9.17) is 0 Å². The molecule has 0 aliphatic rings. The lowest BCUT2D eigenvalue weighted by Gasteiger charge is -2.14. The van der Waals surface area contributed by atoms with Gasteiger partial charge >= 0.3 is 0 Å². The highest BCUT2D eigenvalue weighted by atomic mass is 16.2. The Morgan fingerprint density at radius 1 is 1.30 bits per heavy atom. The highest BCUT2D eigenvalue weighted by Crippen LogP contribution is 2.18. The number of rotatable bonds is 4. The molecule has 2 aromatic heterocycles. The average Bonchev–Trinajstić information content (AvgIpc) is 3.02. The highest BCUT2D eigenvalue weighted by molar-refractivity contribution is 6.10. The van der Waals surface area contributed by atoms with Crippen molar-refractivity contribution in [2.75, 3.05) is 5.32 Å². The molecule has 1 unspecified atom stereocenters. The molecule has 118 valence electrons. The van der Waals surface area contributed by atoms with Gasteiger partial charge in [0.05, 0.1) is 17.6 Å². The number of amides is 1. The molecule has 0 saturated heterocycles. The SMILES string of the molecule is CCC(C)n1nccc1NC(=O)c1n[nH]c(=O)c2ccccc12.